The van der Waals surface area contributed by atoms with Crippen LogP contribution in [0.2, 0.25) is 34.8 Å². The highest BCUT2D eigenvalue weighted by molar-refractivity contribution is 7.54. The van der Waals surface area contributed by atoms with E-state index >= 15 is 0 Å². The van der Waals surface area contributed by atoms with Crippen molar-refractivity contribution in [3.05, 3.63) is 58.9 Å². The van der Waals surface area contributed by atoms with E-state index in [1.54, 1.807) is 27.2 Å². The van der Waals surface area contributed by atoms with E-state index in [1.165, 1.54) is 0 Å². The minimum absolute atomic E-state index is 0.0671. The van der Waals surface area contributed by atoms with E-state index in [9.17, 15) is 9.36 Å². The summed E-state index contributed by atoms with van der Waals surface area (Å²) < 4.78 is 56.6. The van der Waals surface area contributed by atoms with Crippen LogP contribution in [0.15, 0.2) is 51.7 Å². The highest BCUT2D eigenvalue weighted by Crippen LogP contribution is 2.48. The Morgan fingerprint density at radius 3 is 1.96 bits per heavy atom. The van der Waals surface area contributed by atoms with Crippen LogP contribution in [0.5, 0.6) is 0 Å². The summed E-state index contributed by atoms with van der Waals surface area (Å²) in [6.07, 6.45) is 10.1. The first-order valence-corrected chi connectivity index (χ1v) is 27.6. The third kappa shape index (κ3) is 16.2. The first-order valence-electron chi connectivity index (χ1n) is 20.8. The largest absolute Gasteiger partial charge is 0.461 e. The number of esters is 1. The number of allylic oxidation sites excluding steroid dienone is 4. The van der Waals surface area contributed by atoms with Gasteiger partial charge in [0.25, 0.3) is 0 Å². The third-order valence-electron chi connectivity index (χ3n) is 11.4. The molecule has 1 heterocycles. The lowest BCUT2D eigenvalue weighted by Crippen LogP contribution is -2.51. The van der Waals surface area contributed by atoms with Gasteiger partial charge < -0.3 is 31.8 Å². The maximum Gasteiger partial charge on any atom is 0.341 e. The summed E-state index contributed by atoms with van der Waals surface area (Å²) in [6, 6.07) is 0. The smallest absolute Gasteiger partial charge is 0.341 e. The molecule has 57 heavy (non-hydrogen) atoms. The topological polar surface area (TPSA) is 116 Å². The van der Waals surface area contributed by atoms with Crippen LogP contribution in [-0.4, -0.2) is 79.0 Å². The molecule has 0 aliphatic rings. The van der Waals surface area contributed by atoms with Crippen molar-refractivity contribution in [3.63, 3.8) is 0 Å². The number of aromatic nitrogens is 1. The van der Waals surface area contributed by atoms with Gasteiger partial charge in [0.05, 0.1) is 32.0 Å². The van der Waals surface area contributed by atoms with E-state index in [0.717, 1.165) is 22.4 Å². The number of hydrogen-bond acceptors (Lipinski definition) is 10. The van der Waals surface area contributed by atoms with Crippen molar-refractivity contribution in [3.8, 4) is 0 Å². The van der Waals surface area contributed by atoms with Gasteiger partial charge in [-0.25, -0.2) is 4.98 Å². The van der Waals surface area contributed by atoms with Gasteiger partial charge >= 0.3 is 13.6 Å². The fraction of sp³-hybridized carbons (Fsp3) is 0.727. The van der Waals surface area contributed by atoms with Crippen LogP contribution in [0.3, 0.4) is 0 Å². The summed E-state index contributed by atoms with van der Waals surface area (Å²) in [6.45, 7) is 39.0. The number of carbonyl (C=O) groups excluding carboxylic acids is 1. The van der Waals surface area contributed by atoms with Crippen LogP contribution in [0.4, 0.5) is 0 Å². The number of methoxy groups -OCH3 is 1. The molecule has 0 N–H and O–H groups in total. The van der Waals surface area contributed by atoms with Crippen LogP contribution < -0.4 is 0 Å². The number of nitrogens with zero attached hydrogens (tertiary/aromatic N) is 1. The number of aryl methyl sites for hydroxylation is 1. The monoisotopic (exact) mass is 854 g/mol. The predicted octanol–water partition coefficient (Wildman–Crippen LogP) is 12.6. The lowest BCUT2D eigenvalue weighted by molar-refractivity contribution is -0.152. The Labute approximate surface area is 349 Å². The molecule has 0 fully saturated rings. The molecule has 0 aromatic carbocycles. The molecule has 0 unspecified atom stereocenters. The molecule has 0 saturated heterocycles. The molecule has 0 aliphatic carbocycles. The van der Waals surface area contributed by atoms with Crippen LogP contribution in [0, 0.1) is 12.8 Å². The van der Waals surface area contributed by atoms with Gasteiger partial charge in [-0.15, -0.1) is 0 Å². The predicted molar refractivity (Wildman–Crippen MR) is 241 cm³/mol. The molecule has 13 heteroatoms. The Hall–Kier alpha value is -1.90. The number of rotatable bonds is 25. The van der Waals surface area contributed by atoms with Gasteiger partial charge in [-0.3, -0.25) is 9.36 Å². The maximum absolute atomic E-state index is 13.8. The molecule has 1 aromatic rings. The number of ether oxygens (including phenoxy) is 2. The standard InChI is InChI=1S/C44H80NO9PSi2/c1-20-50-55(47,51-21-2)30-42(46)53-41(37(12)43(48-17)36(11)24-22-23-34(9)27-39-29-49-38(13)45-39)28-40(54-57(31(3)4,32(5)6)33(7)8)35(10)25-26-52-56(18,19)44(14,15)16/h22-25,27,29,31-33,37,40-41,43H,20-21,26,28,30H2,1-19H3/b23-22+,34-27+,35-25+,36-24+/t37-,40-,41-,43-/m0/s1. The van der Waals surface area contributed by atoms with Crippen molar-refractivity contribution < 1.29 is 41.1 Å². The van der Waals surface area contributed by atoms with Crippen molar-refractivity contribution in [2.24, 2.45) is 5.92 Å². The first kappa shape index (κ1) is 53.1. The summed E-state index contributed by atoms with van der Waals surface area (Å²) >= 11 is 0. The molecule has 0 spiro atoms. The Balaban J connectivity index is 3.82. The Morgan fingerprint density at radius 1 is 0.947 bits per heavy atom. The fourth-order valence-electron chi connectivity index (χ4n) is 7.36. The lowest BCUT2D eigenvalue weighted by Gasteiger charge is -2.46. The number of oxazole rings is 1. The SMILES string of the molecule is CCOP(=O)(CC(=O)O[C@@H](C[C@H](O[Si](C(C)C)(C(C)C)C(C)C)/C(C)=C/CO[Si](C)(C)C(C)(C)C)[C@H](C)[C@@H](OC)/C(C)=C/C=C/C(C)=C/c1coc(C)n1)OCC. The first-order chi connectivity index (χ1) is 26.3. The average molecular weight is 854 g/mol. The summed E-state index contributed by atoms with van der Waals surface area (Å²) in [7, 11) is -6.51. The van der Waals surface area contributed by atoms with Gasteiger partial charge in [-0.2, -0.15) is 0 Å². The minimum atomic E-state index is -3.72. The fourth-order valence-corrected chi connectivity index (χ4v) is 15.3. The molecule has 1 rings (SSSR count). The zero-order valence-electron chi connectivity index (χ0n) is 39.1. The second-order valence-electron chi connectivity index (χ2n) is 17.8. The van der Waals surface area contributed by atoms with Gasteiger partial charge in [0.1, 0.15) is 24.2 Å². The molecule has 0 aliphatic heterocycles. The van der Waals surface area contributed by atoms with Crippen molar-refractivity contribution in [2.45, 2.75) is 170 Å². The molecule has 4 atom stereocenters. The van der Waals surface area contributed by atoms with Crippen LogP contribution in [-0.2, 0) is 36.7 Å². The summed E-state index contributed by atoms with van der Waals surface area (Å²) in [5.41, 5.74) is 4.72. The third-order valence-corrected chi connectivity index (χ3v) is 24.0. The van der Waals surface area contributed by atoms with Crippen molar-refractivity contribution in [1.82, 2.24) is 4.98 Å². The number of hydrogen-bond donors (Lipinski definition) is 0. The average Bonchev–Trinajstić information content (AvgIpc) is 3.48. The molecule has 0 amide bonds. The second kappa shape index (κ2) is 23.8. The summed E-state index contributed by atoms with van der Waals surface area (Å²) in [4.78, 5) is 18.2. The van der Waals surface area contributed by atoms with Crippen molar-refractivity contribution in [1.29, 1.82) is 0 Å². The number of carbonyl (C=O) groups is 1. The molecule has 1 aromatic heterocycles. The molecular weight excluding hydrogens is 774 g/mol. The zero-order chi connectivity index (χ0) is 43.9. The lowest BCUT2D eigenvalue weighted by atomic mass is 9.88. The van der Waals surface area contributed by atoms with Crippen molar-refractivity contribution in [2.75, 3.05) is 33.1 Å². The van der Waals surface area contributed by atoms with Gasteiger partial charge in [0.2, 0.25) is 8.32 Å². The van der Waals surface area contributed by atoms with E-state index in [1.807, 2.05) is 52.0 Å². The van der Waals surface area contributed by atoms with Gasteiger partial charge in [0.15, 0.2) is 14.2 Å². The van der Waals surface area contributed by atoms with Gasteiger partial charge in [0, 0.05) is 26.4 Å². The second-order valence-corrected chi connectivity index (χ2v) is 30.0. The van der Waals surface area contributed by atoms with Gasteiger partial charge in [-0.1, -0.05) is 93.5 Å². The molecule has 0 saturated carbocycles. The molecule has 0 bridgehead atoms. The van der Waals surface area contributed by atoms with Crippen LogP contribution in [0.1, 0.15) is 122 Å². The summed E-state index contributed by atoms with van der Waals surface area (Å²) in [5, 5.41) is 0.0671. The van der Waals surface area contributed by atoms with Crippen molar-refractivity contribution >= 4 is 36.3 Å². The van der Waals surface area contributed by atoms with Crippen LogP contribution >= 0.6 is 7.60 Å². The van der Waals surface area contributed by atoms with Crippen LogP contribution in [0.25, 0.3) is 6.08 Å². The Kier molecular flexibility index (Phi) is 22.2. The Morgan fingerprint density at radius 2 is 1.51 bits per heavy atom. The van der Waals surface area contributed by atoms with Gasteiger partial charge in [-0.05, 0) is 92.2 Å². The van der Waals surface area contributed by atoms with E-state index in [2.05, 4.69) is 93.4 Å². The zero-order valence-corrected chi connectivity index (χ0v) is 42.0. The highest BCUT2D eigenvalue weighted by Gasteiger charge is 2.48. The molecular formula is C44H80NO9PSi2. The normalized spacial score (nSPS) is 16.6. The summed E-state index contributed by atoms with van der Waals surface area (Å²) in [5.74, 6) is -0.366. The minimum Gasteiger partial charge on any atom is -0.461 e. The molecule has 10 nitrogen and oxygen atoms in total. The van der Waals surface area contributed by atoms with E-state index in [-0.39, 0.29) is 30.3 Å². The highest BCUT2D eigenvalue weighted by atomic mass is 31.2. The molecule has 0 radical (unpaired) electrons. The molecule has 328 valence electrons. The van der Waals surface area contributed by atoms with E-state index in [4.69, 9.17) is 31.8 Å². The Bertz CT molecular complexity index is 1520. The quantitative estimate of drug-likeness (QED) is 0.0309. The van der Waals surface area contributed by atoms with E-state index in [0.29, 0.717) is 35.5 Å². The maximum atomic E-state index is 13.8. The van der Waals surface area contributed by atoms with E-state index < -0.39 is 48.6 Å².